The quantitative estimate of drug-likeness (QED) is 0.378. The molecule has 1 aliphatic rings. The van der Waals surface area contributed by atoms with Crippen LogP contribution in [0.5, 0.6) is 0 Å². The van der Waals surface area contributed by atoms with Gasteiger partial charge in [-0.25, -0.2) is 4.79 Å². The van der Waals surface area contributed by atoms with E-state index < -0.39 is 0 Å². The summed E-state index contributed by atoms with van der Waals surface area (Å²) in [6.07, 6.45) is 7.51. The normalized spacial score (nSPS) is 17.5. The number of piperidine rings is 1. The van der Waals surface area contributed by atoms with Gasteiger partial charge in [0.05, 0.1) is 0 Å². The molecule has 0 unspecified atom stereocenters. The van der Waals surface area contributed by atoms with Crippen LogP contribution in [0.1, 0.15) is 45.4 Å². The highest BCUT2D eigenvalue weighted by Gasteiger charge is 2.21. The third-order valence-electron chi connectivity index (χ3n) is 3.30. The van der Waals surface area contributed by atoms with Gasteiger partial charge in [-0.15, -0.1) is 0 Å². The minimum absolute atomic E-state index is 0.116. The second kappa shape index (κ2) is 7.46. The van der Waals surface area contributed by atoms with Crippen LogP contribution in [0, 0.1) is 5.92 Å². The molecule has 2 amide bonds. The van der Waals surface area contributed by atoms with Crippen LogP contribution >= 0.6 is 0 Å². The molecule has 1 heterocycles. The number of carbonyl (C=O) groups excluding carboxylic acids is 1. The molecule has 5 heteroatoms. The van der Waals surface area contributed by atoms with Crippen molar-refractivity contribution in [2.24, 2.45) is 11.8 Å². The molecule has 0 atom stereocenters. The zero-order valence-electron chi connectivity index (χ0n) is 10.2. The van der Waals surface area contributed by atoms with Crippen molar-refractivity contribution in [1.29, 1.82) is 0 Å². The van der Waals surface area contributed by atoms with Gasteiger partial charge < -0.3 is 4.90 Å². The van der Waals surface area contributed by atoms with Crippen LogP contribution in [-0.2, 0) is 0 Å². The summed E-state index contributed by atoms with van der Waals surface area (Å²) in [5.74, 6) is 5.84. The zero-order chi connectivity index (χ0) is 11.8. The summed E-state index contributed by atoms with van der Waals surface area (Å²) in [6.45, 7) is 3.93. The maximum atomic E-state index is 11.4. The van der Waals surface area contributed by atoms with Crippen molar-refractivity contribution < 1.29 is 4.79 Å². The van der Waals surface area contributed by atoms with Crippen LogP contribution < -0.4 is 16.8 Å². The van der Waals surface area contributed by atoms with E-state index in [1.54, 1.807) is 0 Å². The maximum absolute atomic E-state index is 11.4. The third-order valence-corrected chi connectivity index (χ3v) is 3.30. The van der Waals surface area contributed by atoms with Crippen molar-refractivity contribution in [2.45, 2.75) is 45.4 Å². The molecule has 0 spiro atoms. The van der Waals surface area contributed by atoms with Gasteiger partial charge in [-0.1, -0.05) is 32.6 Å². The van der Waals surface area contributed by atoms with Gasteiger partial charge in [-0.2, -0.15) is 5.53 Å². The number of rotatable bonds is 5. The molecule has 0 saturated carbocycles. The number of amides is 2. The lowest BCUT2D eigenvalue weighted by molar-refractivity contribution is 0.163. The molecule has 5 nitrogen and oxygen atoms in total. The van der Waals surface area contributed by atoms with Gasteiger partial charge in [0, 0.05) is 13.1 Å². The van der Waals surface area contributed by atoms with E-state index >= 15 is 0 Å². The molecule has 0 aliphatic carbocycles. The molecular formula is C11H24N4O. The summed E-state index contributed by atoms with van der Waals surface area (Å²) >= 11 is 0. The molecule has 0 aromatic rings. The van der Waals surface area contributed by atoms with Crippen LogP contribution in [-0.4, -0.2) is 24.0 Å². The number of nitrogens with two attached hydrogens (primary N) is 1. The number of hydrazine groups is 2. The monoisotopic (exact) mass is 228 g/mol. The summed E-state index contributed by atoms with van der Waals surface area (Å²) in [5.41, 5.74) is 4.57. The number of nitrogens with zero attached hydrogens (tertiary/aromatic N) is 1. The van der Waals surface area contributed by atoms with Gasteiger partial charge in [-0.3, -0.25) is 11.3 Å². The van der Waals surface area contributed by atoms with Crippen molar-refractivity contribution in [3.63, 3.8) is 0 Å². The van der Waals surface area contributed by atoms with Gasteiger partial charge in [-0.05, 0) is 18.8 Å². The molecule has 4 N–H and O–H groups in total. The summed E-state index contributed by atoms with van der Waals surface area (Å²) in [4.78, 5) is 13.3. The Hall–Kier alpha value is -0.810. The van der Waals surface area contributed by atoms with Crippen molar-refractivity contribution in [2.75, 3.05) is 13.1 Å². The Bertz CT molecular complexity index is 202. The second-order valence-corrected chi connectivity index (χ2v) is 4.50. The fourth-order valence-electron chi connectivity index (χ4n) is 2.25. The molecular weight excluding hydrogens is 204 g/mol. The second-order valence-electron chi connectivity index (χ2n) is 4.50. The van der Waals surface area contributed by atoms with Gasteiger partial charge >= 0.3 is 6.03 Å². The van der Waals surface area contributed by atoms with Crippen LogP contribution in [0.25, 0.3) is 0 Å². The molecule has 0 aromatic heterocycles. The van der Waals surface area contributed by atoms with E-state index in [-0.39, 0.29) is 6.03 Å². The van der Waals surface area contributed by atoms with Crippen LogP contribution in [0.15, 0.2) is 0 Å². The van der Waals surface area contributed by atoms with E-state index in [1.807, 2.05) is 4.90 Å². The Morgan fingerprint density at radius 2 is 2.06 bits per heavy atom. The highest BCUT2D eigenvalue weighted by atomic mass is 16.2. The topological polar surface area (TPSA) is 70.4 Å². The Morgan fingerprint density at radius 1 is 1.38 bits per heavy atom. The zero-order valence-corrected chi connectivity index (χ0v) is 10.2. The molecule has 1 aliphatic heterocycles. The molecule has 0 radical (unpaired) electrons. The summed E-state index contributed by atoms with van der Waals surface area (Å²) in [5, 5.41) is 0. The highest BCUT2D eigenvalue weighted by Crippen LogP contribution is 2.22. The average molecular weight is 228 g/mol. The number of carbonyl (C=O) groups is 1. The maximum Gasteiger partial charge on any atom is 0.332 e. The minimum Gasteiger partial charge on any atom is -0.324 e. The molecule has 0 bridgehead atoms. The largest absolute Gasteiger partial charge is 0.332 e. The third kappa shape index (κ3) is 4.37. The van der Waals surface area contributed by atoms with Crippen molar-refractivity contribution >= 4 is 6.03 Å². The Kier molecular flexibility index (Phi) is 6.18. The first kappa shape index (κ1) is 13.3. The van der Waals surface area contributed by atoms with Crippen LogP contribution in [0.2, 0.25) is 0 Å². The first-order chi connectivity index (χ1) is 7.77. The van der Waals surface area contributed by atoms with Gasteiger partial charge in [0.15, 0.2) is 0 Å². The number of hydrogen-bond acceptors (Lipinski definition) is 3. The SMILES string of the molecule is CCCCCC1CCN(C(=O)NNN)CC1. The lowest BCUT2D eigenvalue weighted by Crippen LogP contribution is -2.51. The molecule has 1 rings (SSSR count). The van der Waals surface area contributed by atoms with E-state index in [0.717, 1.165) is 31.8 Å². The number of nitrogens with one attached hydrogen (secondary N) is 2. The van der Waals surface area contributed by atoms with E-state index in [2.05, 4.69) is 17.9 Å². The van der Waals surface area contributed by atoms with Gasteiger partial charge in [0.2, 0.25) is 0 Å². The van der Waals surface area contributed by atoms with Crippen LogP contribution in [0.4, 0.5) is 4.79 Å². The van der Waals surface area contributed by atoms with E-state index in [4.69, 9.17) is 5.84 Å². The molecule has 16 heavy (non-hydrogen) atoms. The van der Waals surface area contributed by atoms with E-state index in [1.165, 1.54) is 25.7 Å². The fraction of sp³-hybridized carbons (Fsp3) is 0.909. The standard InChI is InChI=1S/C11H24N4O/c1-2-3-4-5-10-6-8-15(9-7-10)11(16)13-14-12/h10,14H,2-9,12H2,1H3,(H,13,16). The summed E-state index contributed by atoms with van der Waals surface area (Å²) < 4.78 is 0. The summed E-state index contributed by atoms with van der Waals surface area (Å²) in [7, 11) is 0. The predicted molar refractivity (Wildman–Crippen MR) is 64.3 cm³/mol. The number of likely N-dealkylation sites (tertiary alicyclic amines) is 1. The lowest BCUT2D eigenvalue weighted by atomic mass is 9.91. The predicted octanol–water partition coefficient (Wildman–Crippen LogP) is 1.37. The van der Waals surface area contributed by atoms with Gasteiger partial charge in [0.25, 0.3) is 0 Å². The minimum atomic E-state index is -0.116. The van der Waals surface area contributed by atoms with E-state index in [9.17, 15) is 4.79 Å². The molecule has 94 valence electrons. The van der Waals surface area contributed by atoms with Crippen LogP contribution in [0.3, 0.4) is 0 Å². The Balaban J connectivity index is 2.15. The smallest absolute Gasteiger partial charge is 0.324 e. The average Bonchev–Trinajstić information content (AvgIpc) is 2.30. The van der Waals surface area contributed by atoms with E-state index in [0.29, 0.717) is 0 Å². The van der Waals surface area contributed by atoms with Crippen molar-refractivity contribution in [3.8, 4) is 0 Å². The first-order valence-electron chi connectivity index (χ1n) is 6.28. The van der Waals surface area contributed by atoms with Crippen molar-refractivity contribution in [1.82, 2.24) is 15.9 Å². The molecule has 0 aromatic carbocycles. The number of hydrogen-bond donors (Lipinski definition) is 3. The summed E-state index contributed by atoms with van der Waals surface area (Å²) in [6, 6.07) is -0.116. The highest BCUT2D eigenvalue weighted by molar-refractivity contribution is 5.73. The number of unbranched alkanes of at least 4 members (excludes halogenated alkanes) is 2. The van der Waals surface area contributed by atoms with Crippen molar-refractivity contribution in [3.05, 3.63) is 0 Å². The Labute approximate surface area is 97.7 Å². The molecule has 1 saturated heterocycles. The fourth-order valence-corrected chi connectivity index (χ4v) is 2.25. The first-order valence-corrected chi connectivity index (χ1v) is 6.28. The molecule has 1 fully saturated rings. The lowest BCUT2D eigenvalue weighted by Gasteiger charge is -2.31. The Morgan fingerprint density at radius 3 is 2.62 bits per heavy atom. The number of urea groups is 1. The van der Waals surface area contributed by atoms with Gasteiger partial charge in [0.1, 0.15) is 0 Å².